The van der Waals surface area contributed by atoms with Crippen molar-refractivity contribution < 1.29 is 0 Å². The van der Waals surface area contributed by atoms with E-state index in [4.69, 9.17) is 16.9 Å². The first-order chi connectivity index (χ1) is 6.31. The van der Waals surface area contributed by atoms with Crippen molar-refractivity contribution in [3.05, 3.63) is 23.8 Å². The normalized spacial score (nSPS) is 50.5. The first-order valence-corrected chi connectivity index (χ1v) is 5.19. The molecule has 0 aromatic rings. The molecular weight excluding hydrogens is 182 g/mol. The highest BCUT2D eigenvalue weighted by Gasteiger charge is 2.51. The van der Waals surface area contributed by atoms with E-state index in [2.05, 4.69) is 24.3 Å². The van der Waals surface area contributed by atoms with Gasteiger partial charge in [0.2, 0.25) is 0 Å². The number of nitriles is 1. The lowest BCUT2D eigenvalue weighted by Gasteiger charge is -2.16. The van der Waals surface area contributed by atoms with Crippen LogP contribution in [0.25, 0.3) is 0 Å². The molecule has 0 heterocycles. The predicted octanol–water partition coefficient (Wildman–Crippen LogP) is 2.50. The highest BCUT2D eigenvalue weighted by Crippen LogP contribution is 2.56. The third-order valence-electron chi connectivity index (χ3n) is 3.68. The largest absolute Gasteiger partial charge is 0.193 e. The molecule has 1 fully saturated rings. The van der Waals surface area contributed by atoms with Crippen molar-refractivity contribution in [1.29, 1.82) is 5.26 Å². The maximum atomic E-state index is 8.96. The van der Waals surface area contributed by atoms with E-state index in [1.165, 1.54) is 0 Å². The average molecular weight is 192 g/mol. The zero-order chi connectivity index (χ0) is 9.00. The van der Waals surface area contributed by atoms with Gasteiger partial charge in [-0.05, 0) is 18.3 Å². The van der Waals surface area contributed by atoms with Gasteiger partial charge in [0.15, 0.2) is 0 Å². The van der Waals surface area contributed by atoms with Gasteiger partial charge in [-0.1, -0.05) is 18.2 Å². The van der Waals surface area contributed by atoms with E-state index in [0.29, 0.717) is 23.7 Å². The maximum absolute atomic E-state index is 8.96. The summed E-state index contributed by atoms with van der Waals surface area (Å²) in [4.78, 5) is 0. The second-order valence-electron chi connectivity index (χ2n) is 4.21. The van der Waals surface area contributed by atoms with Gasteiger partial charge in [-0.2, -0.15) is 5.26 Å². The minimum Gasteiger partial charge on any atom is -0.193 e. The molecule has 0 amide bonds. The number of nitrogens with zero attached hydrogens (tertiary/aromatic N) is 1. The first-order valence-electron chi connectivity index (χ1n) is 4.75. The van der Waals surface area contributed by atoms with E-state index >= 15 is 0 Å². The van der Waals surface area contributed by atoms with Crippen LogP contribution in [0, 0.1) is 35.0 Å². The molecule has 0 spiro atoms. The summed E-state index contributed by atoms with van der Waals surface area (Å²) in [7, 11) is 0. The Labute approximate surface area is 82.7 Å². The smallest absolute Gasteiger partial charge is 0.0947 e. The Kier molecular flexibility index (Phi) is 1.41. The summed E-state index contributed by atoms with van der Waals surface area (Å²) in [5.74, 6) is 2.11. The van der Waals surface area contributed by atoms with E-state index in [1.807, 2.05) is 0 Å². The Bertz CT molecular complexity index is 350. The summed E-state index contributed by atoms with van der Waals surface area (Å²) in [6, 6.07) is 2.29. The van der Waals surface area contributed by atoms with E-state index < -0.39 is 0 Å². The first kappa shape index (κ1) is 7.64. The summed E-state index contributed by atoms with van der Waals surface area (Å²) in [6.07, 6.45) is 7.70. The van der Waals surface area contributed by atoms with Crippen molar-refractivity contribution in [3.8, 4) is 6.07 Å². The fourth-order valence-corrected chi connectivity index (χ4v) is 3.71. The van der Waals surface area contributed by atoms with E-state index in [1.54, 1.807) is 0 Å². The summed E-state index contributed by atoms with van der Waals surface area (Å²) in [6.45, 7) is 0. The van der Waals surface area contributed by atoms with E-state index in [9.17, 15) is 0 Å². The van der Waals surface area contributed by atoms with E-state index in [-0.39, 0.29) is 5.38 Å². The quantitative estimate of drug-likeness (QED) is 0.426. The molecule has 0 radical (unpaired) electrons. The van der Waals surface area contributed by atoms with Gasteiger partial charge in [0.1, 0.15) is 0 Å². The number of alkyl halides is 1. The lowest BCUT2D eigenvalue weighted by atomic mass is 9.88. The van der Waals surface area contributed by atoms with Crippen molar-refractivity contribution >= 4 is 11.6 Å². The van der Waals surface area contributed by atoms with Crippen LogP contribution in [-0.2, 0) is 0 Å². The van der Waals surface area contributed by atoms with Gasteiger partial charge in [-0.3, -0.25) is 0 Å². The molecule has 1 nitrogen and oxygen atoms in total. The average Bonchev–Trinajstić information content (AvgIpc) is 2.70. The van der Waals surface area contributed by atoms with Gasteiger partial charge in [-0.15, -0.1) is 11.6 Å². The highest BCUT2D eigenvalue weighted by atomic mass is 35.5. The third kappa shape index (κ3) is 0.823. The molecule has 1 saturated carbocycles. The van der Waals surface area contributed by atoms with Crippen molar-refractivity contribution in [2.45, 2.75) is 11.8 Å². The van der Waals surface area contributed by atoms with Gasteiger partial charge in [0.05, 0.1) is 6.07 Å². The Morgan fingerprint density at radius 2 is 2.31 bits per heavy atom. The molecule has 3 aliphatic rings. The SMILES string of the molecule is N#CC1=C[C@@H]2C=C[C@@H]3C[C@H](Cl)[C@@H]1[C@@H]23. The van der Waals surface area contributed by atoms with Crippen LogP contribution < -0.4 is 0 Å². The fourth-order valence-electron chi connectivity index (χ4n) is 3.20. The predicted molar refractivity (Wildman–Crippen MR) is 51.1 cm³/mol. The number of rotatable bonds is 0. The Balaban J connectivity index is 2.07. The van der Waals surface area contributed by atoms with Gasteiger partial charge >= 0.3 is 0 Å². The molecule has 2 heteroatoms. The molecule has 0 N–H and O–H groups in total. The van der Waals surface area contributed by atoms with Crippen LogP contribution in [0.3, 0.4) is 0 Å². The summed E-state index contributed by atoms with van der Waals surface area (Å²) >= 11 is 6.25. The lowest BCUT2D eigenvalue weighted by Crippen LogP contribution is -2.15. The molecule has 0 saturated heterocycles. The van der Waals surface area contributed by atoms with Crippen molar-refractivity contribution in [3.63, 3.8) is 0 Å². The second-order valence-corrected chi connectivity index (χ2v) is 4.78. The molecule has 0 bridgehead atoms. The van der Waals surface area contributed by atoms with Crippen molar-refractivity contribution in [2.24, 2.45) is 23.7 Å². The molecule has 13 heavy (non-hydrogen) atoms. The number of hydrogen-bond donors (Lipinski definition) is 0. The molecule has 0 aliphatic heterocycles. The van der Waals surface area contributed by atoms with Crippen LogP contribution in [0.4, 0.5) is 0 Å². The zero-order valence-corrected chi connectivity index (χ0v) is 7.91. The summed E-state index contributed by atoms with van der Waals surface area (Å²) in [5.41, 5.74) is 0.932. The van der Waals surface area contributed by atoms with Crippen LogP contribution in [0.15, 0.2) is 23.8 Å². The van der Waals surface area contributed by atoms with Crippen LogP contribution >= 0.6 is 11.6 Å². The molecule has 0 aromatic carbocycles. The van der Waals surface area contributed by atoms with Gasteiger partial charge in [-0.25, -0.2) is 0 Å². The lowest BCUT2D eigenvalue weighted by molar-refractivity contribution is 0.394. The van der Waals surface area contributed by atoms with Gasteiger partial charge in [0, 0.05) is 22.8 Å². The monoisotopic (exact) mass is 191 g/mol. The van der Waals surface area contributed by atoms with Crippen LogP contribution in [0.1, 0.15) is 6.42 Å². The fraction of sp³-hybridized carbons (Fsp3) is 0.545. The summed E-state index contributed by atoms with van der Waals surface area (Å²) < 4.78 is 0. The van der Waals surface area contributed by atoms with E-state index in [0.717, 1.165) is 12.0 Å². The highest BCUT2D eigenvalue weighted by molar-refractivity contribution is 6.21. The number of hydrogen-bond acceptors (Lipinski definition) is 1. The summed E-state index contributed by atoms with van der Waals surface area (Å²) in [5, 5.41) is 9.15. The Morgan fingerprint density at radius 3 is 3.08 bits per heavy atom. The minimum absolute atomic E-state index is 0.191. The van der Waals surface area contributed by atoms with Crippen molar-refractivity contribution in [2.75, 3.05) is 0 Å². The van der Waals surface area contributed by atoms with Crippen LogP contribution in [0.2, 0.25) is 0 Å². The van der Waals surface area contributed by atoms with Gasteiger partial charge in [0.25, 0.3) is 0 Å². The third-order valence-corrected chi connectivity index (χ3v) is 4.13. The zero-order valence-electron chi connectivity index (χ0n) is 7.15. The molecule has 0 unspecified atom stereocenters. The van der Waals surface area contributed by atoms with Gasteiger partial charge < -0.3 is 0 Å². The molecule has 3 rings (SSSR count). The topological polar surface area (TPSA) is 23.8 Å². The Hall–Kier alpha value is -0.740. The number of allylic oxidation sites excluding steroid dienone is 4. The standard InChI is InChI=1S/C11H10ClN/c12-9-4-7-2-1-6-3-8(5-13)11(9)10(6)7/h1-3,6-7,9-11H,4H2/t6-,7+,9-,10-,11+/m0/s1. The molecule has 66 valence electrons. The van der Waals surface area contributed by atoms with Crippen LogP contribution in [-0.4, -0.2) is 5.38 Å². The molecule has 3 aliphatic carbocycles. The van der Waals surface area contributed by atoms with Crippen LogP contribution in [0.5, 0.6) is 0 Å². The van der Waals surface area contributed by atoms with Crippen molar-refractivity contribution in [1.82, 2.24) is 0 Å². The maximum Gasteiger partial charge on any atom is 0.0947 e. The second kappa shape index (κ2) is 2.39. The molecular formula is C11H10ClN. The molecule has 0 aromatic heterocycles. The molecule has 5 atom stereocenters. The Morgan fingerprint density at radius 1 is 1.46 bits per heavy atom. The number of halogens is 1. The minimum atomic E-state index is 0.191.